The van der Waals surface area contributed by atoms with Crippen molar-refractivity contribution >= 4 is 40.4 Å². The number of nitrogens with one attached hydrogen (secondary N) is 2. The van der Waals surface area contributed by atoms with Crippen molar-refractivity contribution in [1.29, 1.82) is 0 Å². The van der Waals surface area contributed by atoms with Crippen LogP contribution in [-0.4, -0.2) is 16.7 Å². The molecular weight excluding hydrogens is 362 g/mol. The normalized spacial score (nSPS) is 10.3. The highest BCUT2D eigenvalue weighted by Crippen LogP contribution is 2.21. The van der Waals surface area contributed by atoms with Crippen LogP contribution >= 0.6 is 11.6 Å². The third-order valence-electron chi connectivity index (χ3n) is 4.01. The molecule has 0 aliphatic heterocycles. The number of rotatable bonds is 5. The number of amides is 1. The van der Waals surface area contributed by atoms with Crippen LogP contribution in [0.25, 0.3) is 0 Å². The van der Waals surface area contributed by atoms with E-state index in [1.807, 2.05) is 25.1 Å². The third kappa shape index (κ3) is 4.71. The van der Waals surface area contributed by atoms with Gasteiger partial charge in [0.2, 0.25) is 0 Å². The summed E-state index contributed by atoms with van der Waals surface area (Å²) in [6.45, 7) is 3.43. The van der Waals surface area contributed by atoms with Crippen LogP contribution in [0.15, 0.2) is 60.8 Å². The Hall–Kier alpha value is -3.18. The summed E-state index contributed by atoms with van der Waals surface area (Å²) in [6, 6.07) is 15.9. The predicted molar refractivity (Wildman–Crippen MR) is 108 cm³/mol. The summed E-state index contributed by atoms with van der Waals surface area (Å²) < 4.78 is 0. The minimum absolute atomic E-state index is 0.0217. The minimum Gasteiger partial charge on any atom is -0.354 e. The van der Waals surface area contributed by atoms with Gasteiger partial charge in [-0.25, -0.2) is 4.98 Å². The van der Waals surface area contributed by atoms with E-state index in [0.717, 1.165) is 16.9 Å². The molecule has 0 aliphatic carbocycles. The fourth-order valence-corrected chi connectivity index (χ4v) is 2.60. The van der Waals surface area contributed by atoms with Crippen molar-refractivity contribution in [2.75, 3.05) is 10.6 Å². The number of hydrogen-bond donors (Lipinski definition) is 2. The average molecular weight is 380 g/mol. The van der Waals surface area contributed by atoms with E-state index in [2.05, 4.69) is 15.6 Å². The van der Waals surface area contributed by atoms with Gasteiger partial charge in [-0.15, -0.1) is 0 Å². The van der Waals surface area contributed by atoms with E-state index in [-0.39, 0.29) is 11.7 Å². The first-order valence-corrected chi connectivity index (χ1v) is 8.72. The lowest BCUT2D eigenvalue weighted by molar-refractivity contribution is 0.101. The molecule has 2 aromatic carbocycles. The van der Waals surface area contributed by atoms with Crippen molar-refractivity contribution in [3.8, 4) is 0 Å². The van der Waals surface area contributed by atoms with E-state index < -0.39 is 0 Å². The highest BCUT2D eigenvalue weighted by molar-refractivity contribution is 6.31. The highest BCUT2D eigenvalue weighted by atomic mass is 35.5. The quantitative estimate of drug-likeness (QED) is 0.594. The Labute approximate surface area is 162 Å². The number of benzene rings is 2. The summed E-state index contributed by atoms with van der Waals surface area (Å²) in [5, 5.41) is 6.54. The fraction of sp³-hybridized carbons (Fsp3) is 0.0952. The maximum absolute atomic E-state index is 12.3. The topological polar surface area (TPSA) is 71.1 Å². The van der Waals surface area contributed by atoms with Gasteiger partial charge in [-0.1, -0.05) is 17.7 Å². The van der Waals surface area contributed by atoms with E-state index in [1.165, 1.54) is 6.92 Å². The number of ketones is 1. The molecule has 2 N–H and O–H groups in total. The Morgan fingerprint density at radius 3 is 2.19 bits per heavy atom. The highest BCUT2D eigenvalue weighted by Gasteiger charge is 2.09. The lowest BCUT2D eigenvalue weighted by Crippen LogP contribution is -2.13. The number of carbonyl (C=O) groups excluding carboxylic acids is 2. The maximum Gasteiger partial charge on any atom is 0.274 e. The molecule has 1 aromatic heterocycles. The first-order chi connectivity index (χ1) is 12.9. The Bertz CT molecular complexity index is 983. The number of aromatic nitrogens is 1. The number of Topliss-reactive ketones (excluding diaryl/α,β-unsaturated/α-hetero) is 1. The van der Waals surface area contributed by atoms with Crippen LogP contribution < -0.4 is 10.6 Å². The van der Waals surface area contributed by atoms with Crippen molar-refractivity contribution in [3.05, 3.63) is 82.6 Å². The van der Waals surface area contributed by atoms with E-state index in [4.69, 9.17) is 11.6 Å². The molecule has 5 nitrogen and oxygen atoms in total. The Kier molecular flexibility index (Phi) is 5.52. The van der Waals surface area contributed by atoms with Crippen molar-refractivity contribution in [2.45, 2.75) is 13.8 Å². The summed E-state index contributed by atoms with van der Waals surface area (Å²) in [7, 11) is 0. The van der Waals surface area contributed by atoms with E-state index in [1.54, 1.807) is 42.6 Å². The van der Waals surface area contributed by atoms with Crippen LogP contribution in [0.5, 0.6) is 0 Å². The van der Waals surface area contributed by atoms with Gasteiger partial charge in [0, 0.05) is 22.0 Å². The monoisotopic (exact) mass is 379 g/mol. The number of pyridine rings is 1. The van der Waals surface area contributed by atoms with Crippen LogP contribution in [0.1, 0.15) is 33.3 Å². The molecule has 0 spiro atoms. The van der Waals surface area contributed by atoms with Crippen LogP contribution in [0.2, 0.25) is 5.02 Å². The smallest absolute Gasteiger partial charge is 0.274 e. The van der Waals surface area contributed by atoms with Crippen molar-refractivity contribution in [3.63, 3.8) is 0 Å². The SMILES string of the molecule is CC(=O)c1ccc(Nc2ccc(C(=O)Nc3ccc(C)c(Cl)c3)nc2)cc1. The van der Waals surface area contributed by atoms with E-state index in [0.29, 0.717) is 22.0 Å². The second-order valence-electron chi connectivity index (χ2n) is 6.11. The molecule has 3 aromatic rings. The van der Waals surface area contributed by atoms with Gasteiger partial charge in [0.15, 0.2) is 5.78 Å². The number of hydrogen-bond acceptors (Lipinski definition) is 4. The van der Waals surface area contributed by atoms with Gasteiger partial charge in [-0.2, -0.15) is 0 Å². The second kappa shape index (κ2) is 8.01. The number of anilines is 3. The Morgan fingerprint density at radius 2 is 1.59 bits per heavy atom. The lowest BCUT2D eigenvalue weighted by Gasteiger charge is -2.09. The summed E-state index contributed by atoms with van der Waals surface area (Å²) in [4.78, 5) is 27.8. The number of nitrogens with zero attached hydrogens (tertiary/aromatic N) is 1. The maximum atomic E-state index is 12.3. The van der Waals surface area contributed by atoms with Gasteiger partial charge in [-0.3, -0.25) is 9.59 Å². The molecule has 0 bridgehead atoms. The third-order valence-corrected chi connectivity index (χ3v) is 4.41. The van der Waals surface area contributed by atoms with Crippen molar-refractivity contribution in [2.24, 2.45) is 0 Å². The zero-order valence-electron chi connectivity index (χ0n) is 14.9. The molecule has 136 valence electrons. The Balaban J connectivity index is 1.66. The van der Waals surface area contributed by atoms with Gasteiger partial charge >= 0.3 is 0 Å². The number of aryl methyl sites for hydroxylation is 1. The van der Waals surface area contributed by atoms with Gasteiger partial charge in [0.25, 0.3) is 5.91 Å². The van der Waals surface area contributed by atoms with E-state index in [9.17, 15) is 9.59 Å². The van der Waals surface area contributed by atoms with E-state index >= 15 is 0 Å². The second-order valence-corrected chi connectivity index (χ2v) is 6.52. The molecular formula is C21H18ClN3O2. The molecule has 0 fully saturated rings. The standard InChI is InChI=1S/C21H18ClN3O2/c1-13-3-6-17(11-19(13)22)25-21(27)20-10-9-18(12-23-20)24-16-7-4-15(5-8-16)14(2)26/h3-12,24H,1-2H3,(H,25,27). The molecule has 3 rings (SSSR count). The fourth-order valence-electron chi connectivity index (χ4n) is 2.42. The number of halogens is 1. The summed E-state index contributed by atoms with van der Waals surface area (Å²) >= 11 is 6.07. The zero-order valence-corrected chi connectivity index (χ0v) is 15.7. The largest absolute Gasteiger partial charge is 0.354 e. The molecule has 0 saturated heterocycles. The first-order valence-electron chi connectivity index (χ1n) is 8.34. The molecule has 1 heterocycles. The Morgan fingerprint density at radius 1 is 0.926 bits per heavy atom. The molecule has 27 heavy (non-hydrogen) atoms. The summed E-state index contributed by atoms with van der Waals surface area (Å²) in [6.07, 6.45) is 1.58. The van der Waals surface area contributed by atoms with Gasteiger partial charge in [-0.05, 0) is 67.9 Å². The van der Waals surface area contributed by atoms with Crippen LogP contribution in [-0.2, 0) is 0 Å². The van der Waals surface area contributed by atoms with Gasteiger partial charge in [0.1, 0.15) is 5.69 Å². The predicted octanol–water partition coefficient (Wildman–Crippen LogP) is 5.24. The molecule has 0 unspecified atom stereocenters. The minimum atomic E-state index is -0.313. The first kappa shape index (κ1) is 18.6. The van der Waals surface area contributed by atoms with Crippen LogP contribution in [0.4, 0.5) is 17.1 Å². The van der Waals surface area contributed by atoms with Gasteiger partial charge in [0.05, 0.1) is 11.9 Å². The van der Waals surface area contributed by atoms with Crippen LogP contribution in [0.3, 0.4) is 0 Å². The average Bonchev–Trinajstić information content (AvgIpc) is 2.66. The molecule has 6 heteroatoms. The van der Waals surface area contributed by atoms with Crippen molar-refractivity contribution in [1.82, 2.24) is 4.98 Å². The molecule has 0 aliphatic rings. The zero-order chi connectivity index (χ0) is 19.4. The molecule has 0 atom stereocenters. The van der Waals surface area contributed by atoms with Gasteiger partial charge < -0.3 is 10.6 Å². The molecule has 1 amide bonds. The number of carbonyl (C=O) groups is 2. The molecule has 0 saturated carbocycles. The summed E-state index contributed by atoms with van der Waals surface area (Å²) in [5.74, 6) is -0.291. The van der Waals surface area contributed by atoms with Crippen molar-refractivity contribution < 1.29 is 9.59 Å². The van der Waals surface area contributed by atoms with Crippen LogP contribution in [0, 0.1) is 6.92 Å². The molecule has 0 radical (unpaired) electrons. The summed E-state index contributed by atoms with van der Waals surface area (Å²) in [5.41, 5.74) is 4.07. The lowest BCUT2D eigenvalue weighted by atomic mass is 10.1.